The minimum Gasteiger partial charge on any atom is -0.494 e. The second-order valence-corrected chi connectivity index (χ2v) is 6.26. The van der Waals surface area contributed by atoms with Crippen molar-refractivity contribution in [2.24, 2.45) is 12.0 Å². The van der Waals surface area contributed by atoms with Gasteiger partial charge < -0.3 is 9.67 Å². The zero-order chi connectivity index (χ0) is 18.8. The van der Waals surface area contributed by atoms with Gasteiger partial charge in [-0.1, -0.05) is 54.6 Å². The molecular formula is C23H17N3O. The molecule has 4 rings (SSSR count). The lowest BCUT2D eigenvalue weighted by molar-refractivity contribution is 0.434. The summed E-state index contributed by atoms with van der Waals surface area (Å²) in [6.07, 6.45) is 0. The molecule has 0 spiro atoms. The summed E-state index contributed by atoms with van der Waals surface area (Å²) in [5, 5.41) is 21.0. The Morgan fingerprint density at radius 1 is 0.963 bits per heavy atom. The van der Waals surface area contributed by atoms with Crippen molar-refractivity contribution in [3.63, 3.8) is 0 Å². The molecule has 0 atom stereocenters. The number of benzene rings is 3. The highest BCUT2D eigenvalue weighted by atomic mass is 16.3. The first-order valence-electron chi connectivity index (χ1n) is 8.60. The van der Waals surface area contributed by atoms with Crippen molar-refractivity contribution >= 4 is 22.3 Å². The monoisotopic (exact) mass is 351 g/mol. The number of aliphatic imine (C=N–C) groups is 1. The average Bonchev–Trinajstić information content (AvgIpc) is 2.98. The van der Waals surface area contributed by atoms with Gasteiger partial charge in [0.15, 0.2) is 0 Å². The summed E-state index contributed by atoms with van der Waals surface area (Å²) in [6.45, 7) is 0. The lowest BCUT2D eigenvalue weighted by atomic mass is 10.0. The van der Waals surface area contributed by atoms with E-state index in [1.165, 1.54) is 0 Å². The van der Waals surface area contributed by atoms with Crippen molar-refractivity contribution in [2.45, 2.75) is 0 Å². The van der Waals surface area contributed by atoms with Gasteiger partial charge in [-0.2, -0.15) is 5.26 Å². The van der Waals surface area contributed by atoms with Crippen molar-refractivity contribution in [1.82, 2.24) is 4.57 Å². The van der Waals surface area contributed by atoms with Crippen LogP contribution in [-0.4, -0.2) is 15.4 Å². The van der Waals surface area contributed by atoms with Crippen LogP contribution in [0.25, 0.3) is 10.9 Å². The maximum Gasteiger partial charge on any atom is 0.201 e. The highest BCUT2D eigenvalue weighted by Gasteiger charge is 2.20. The summed E-state index contributed by atoms with van der Waals surface area (Å²) >= 11 is 0. The summed E-state index contributed by atoms with van der Waals surface area (Å²) in [6, 6.07) is 26.9. The summed E-state index contributed by atoms with van der Waals surface area (Å²) in [5.41, 5.74) is 4.39. The van der Waals surface area contributed by atoms with E-state index in [9.17, 15) is 10.4 Å². The SMILES string of the molecule is Cn1c(O)c(C(=Nc2cccc(C#N)c2)c2ccccc2)c2ccccc21. The van der Waals surface area contributed by atoms with Crippen LogP contribution >= 0.6 is 0 Å². The molecule has 27 heavy (non-hydrogen) atoms. The first-order chi connectivity index (χ1) is 13.2. The molecule has 130 valence electrons. The number of hydrogen-bond acceptors (Lipinski definition) is 3. The molecule has 0 saturated heterocycles. The van der Waals surface area contributed by atoms with Gasteiger partial charge in [-0.3, -0.25) is 0 Å². The van der Waals surface area contributed by atoms with Crippen LogP contribution < -0.4 is 0 Å². The van der Waals surface area contributed by atoms with Crippen molar-refractivity contribution in [1.29, 1.82) is 5.26 Å². The van der Waals surface area contributed by atoms with Crippen LogP contribution in [0.3, 0.4) is 0 Å². The third-order valence-corrected chi connectivity index (χ3v) is 4.58. The summed E-state index contributed by atoms with van der Waals surface area (Å²) in [5.74, 6) is 0.162. The van der Waals surface area contributed by atoms with E-state index in [0.717, 1.165) is 16.5 Å². The molecule has 4 nitrogen and oxygen atoms in total. The van der Waals surface area contributed by atoms with Crippen LogP contribution in [0.5, 0.6) is 5.88 Å². The van der Waals surface area contributed by atoms with Crippen LogP contribution in [-0.2, 0) is 7.05 Å². The van der Waals surface area contributed by atoms with Gasteiger partial charge >= 0.3 is 0 Å². The van der Waals surface area contributed by atoms with E-state index in [4.69, 9.17) is 4.99 Å². The fraction of sp³-hybridized carbons (Fsp3) is 0.0435. The molecule has 3 aromatic carbocycles. The number of aryl methyl sites for hydroxylation is 1. The number of hydrogen-bond donors (Lipinski definition) is 1. The Morgan fingerprint density at radius 3 is 2.48 bits per heavy atom. The minimum absolute atomic E-state index is 0.162. The molecule has 0 radical (unpaired) electrons. The Morgan fingerprint density at radius 2 is 1.70 bits per heavy atom. The number of nitrogens with zero attached hydrogens (tertiary/aromatic N) is 3. The predicted octanol–water partition coefficient (Wildman–Crippen LogP) is 4.92. The fourth-order valence-electron chi connectivity index (χ4n) is 3.25. The van der Waals surface area contributed by atoms with Crippen LogP contribution in [0.4, 0.5) is 5.69 Å². The second-order valence-electron chi connectivity index (χ2n) is 6.26. The number of aromatic hydroxyl groups is 1. The minimum atomic E-state index is 0.162. The van der Waals surface area contributed by atoms with Crippen LogP contribution in [0.1, 0.15) is 16.7 Å². The molecule has 1 aromatic heterocycles. The number of fused-ring (bicyclic) bond motifs is 1. The normalized spacial score (nSPS) is 11.5. The second kappa shape index (κ2) is 6.81. The Balaban J connectivity index is 2.02. The molecular weight excluding hydrogens is 334 g/mol. The molecule has 0 unspecified atom stereocenters. The van der Waals surface area contributed by atoms with E-state index in [-0.39, 0.29) is 5.88 Å². The van der Waals surface area contributed by atoms with Gasteiger partial charge in [0.25, 0.3) is 0 Å². The third-order valence-electron chi connectivity index (χ3n) is 4.58. The summed E-state index contributed by atoms with van der Waals surface area (Å²) in [4.78, 5) is 4.82. The molecule has 0 amide bonds. The maximum absolute atomic E-state index is 10.9. The lowest BCUT2D eigenvalue weighted by Crippen LogP contribution is -2.03. The molecule has 0 bridgehead atoms. The molecule has 1 N–H and O–H groups in total. The van der Waals surface area contributed by atoms with Gasteiger partial charge in [0, 0.05) is 18.0 Å². The summed E-state index contributed by atoms with van der Waals surface area (Å²) in [7, 11) is 1.83. The van der Waals surface area contributed by atoms with Crippen molar-refractivity contribution in [3.8, 4) is 11.9 Å². The van der Waals surface area contributed by atoms with Crippen molar-refractivity contribution in [3.05, 3.63) is 95.6 Å². The van der Waals surface area contributed by atoms with Gasteiger partial charge in [0.05, 0.1) is 34.1 Å². The quantitative estimate of drug-likeness (QED) is 0.532. The highest BCUT2D eigenvalue weighted by Crippen LogP contribution is 2.33. The van der Waals surface area contributed by atoms with Crippen LogP contribution in [0.2, 0.25) is 0 Å². The smallest absolute Gasteiger partial charge is 0.201 e. The van der Waals surface area contributed by atoms with Gasteiger partial charge in [-0.15, -0.1) is 0 Å². The van der Waals surface area contributed by atoms with E-state index in [1.54, 1.807) is 16.7 Å². The van der Waals surface area contributed by atoms with E-state index < -0.39 is 0 Å². The largest absolute Gasteiger partial charge is 0.494 e. The van der Waals surface area contributed by atoms with Crippen LogP contribution in [0, 0.1) is 11.3 Å². The van der Waals surface area contributed by atoms with Crippen molar-refractivity contribution in [2.75, 3.05) is 0 Å². The predicted molar refractivity (Wildman–Crippen MR) is 107 cm³/mol. The molecule has 4 heteroatoms. The molecule has 4 aromatic rings. The van der Waals surface area contributed by atoms with E-state index in [1.807, 2.05) is 73.8 Å². The van der Waals surface area contributed by atoms with Crippen LogP contribution in [0.15, 0.2) is 83.9 Å². The molecule has 0 aliphatic heterocycles. The molecule has 0 aliphatic rings. The molecule has 0 fully saturated rings. The Hall–Kier alpha value is -3.84. The summed E-state index contributed by atoms with van der Waals surface area (Å²) < 4.78 is 1.76. The molecule has 1 heterocycles. The zero-order valence-electron chi connectivity index (χ0n) is 14.8. The van der Waals surface area contributed by atoms with Gasteiger partial charge in [-0.05, 0) is 24.3 Å². The van der Waals surface area contributed by atoms with E-state index in [0.29, 0.717) is 22.5 Å². The van der Waals surface area contributed by atoms with Gasteiger partial charge in [0.2, 0.25) is 5.88 Å². The maximum atomic E-state index is 10.9. The van der Waals surface area contributed by atoms with Crippen molar-refractivity contribution < 1.29 is 5.11 Å². The Labute approximate surface area is 157 Å². The lowest BCUT2D eigenvalue weighted by Gasteiger charge is -2.08. The third kappa shape index (κ3) is 2.96. The first kappa shape index (κ1) is 16.6. The number of para-hydroxylation sites is 1. The zero-order valence-corrected chi connectivity index (χ0v) is 14.8. The average molecular weight is 351 g/mol. The first-order valence-corrected chi connectivity index (χ1v) is 8.60. The molecule has 0 saturated carbocycles. The van der Waals surface area contributed by atoms with Gasteiger partial charge in [-0.25, -0.2) is 4.99 Å². The molecule has 0 aliphatic carbocycles. The van der Waals surface area contributed by atoms with Gasteiger partial charge in [0.1, 0.15) is 0 Å². The number of rotatable bonds is 3. The number of nitriles is 1. The fourth-order valence-corrected chi connectivity index (χ4v) is 3.25. The number of aromatic nitrogens is 1. The highest BCUT2D eigenvalue weighted by molar-refractivity contribution is 6.22. The Kier molecular flexibility index (Phi) is 4.19. The standard InChI is InChI=1S/C23H17N3O/c1-26-20-13-6-5-12-19(20)21(23(26)27)22(17-9-3-2-4-10-17)25-18-11-7-8-16(14-18)15-24/h2-14,27H,1H3. The van der Waals surface area contributed by atoms with E-state index in [2.05, 4.69) is 6.07 Å². The Bertz CT molecular complexity index is 1200. The topological polar surface area (TPSA) is 61.3 Å². The van der Waals surface area contributed by atoms with E-state index >= 15 is 0 Å².